The molecule has 0 unspecified atom stereocenters. The largest absolute Gasteiger partial charge is 0.492 e. The topological polar surface area (TPSA) is 56.4 Å². The van der Waals surface area contributed by atoms with Gasteiger partial charge < -0.3 is 9.84 Å². The van der Waals surface area contributed by atoms with Gasteiger partial charge in [-0.05, 0) is 0 Å². The molecule has 0 radical (unpaired) electrons. The number of aromatic nitrogens is 2. The van der Waals surface area contributed by atoms with Gasteiger partial charge in [-0.1, -0.05) is 0 Å². The maximum absolute atomic E-state index is 10.9. The van der Waals surface area contributed by atoms with Gasteiger partial charge in [0.15, 0.2) is 0 Å². The minimum absolute atomic E-state index is 0.0562. The molecule has 0 aliphatic carbocycles. The van der Waals surface area contributed by atoms with Crippen LogP contribution in [0.1, 0.15) is 10.5 Å². The molecule has 0 fully saturated rings. The van der Waals surface area contributed by atoms with E-state index >= 15 is 0 Å². The number of carbonyl (C=O) groups is 1. The van der Waals surface area contributed by atoms with Crippen molar-refractivity contribution in [2.75, 3.05) is 7.11 Å². The Kier molecular flexibility index (Phi) is 1.64. The first-order valence-corrected chi connectivity index (χ1v) is 3.08. The number of carbonyl (C=O) groups excluding carboxylic acids is 1. The third-order valence-corrected chi connectivity index (χ3v) is 1.67. The highest BCUT2D eigenvalue weighted by Crippen LogP contribution is 2.19. The van der Waals surface area contributed by atoms with Crippen LogP contribution < -0.4 is 0 Å². The van der Waals surface area contributed by atoms with E-state index in [9.17, 15) is 4.79 Å². The van der Waals surface area contributed by atoms with Gasteiger partial charge in [-0.3, -0.25) is 9.36 Å². The molecule has 0 amide bonds. The Bertz CT molecular complexity index is 266. The zero-order valence-corrected chi connectivity index (χ0v) is 6.66. The van der Waals surface area contributed by atoms with Gasteiger partial charge in [-0.25, -0.2) is 4.79 Å². The number of aromatic hydroxyl groups is 1. The van der Waals surface area contributed by atoms with Crippen molar-refractivity contribution in [3.05, 3.63) is 5.69 Å². The molecule has 0 spiro atoms. The minimum Gasteiger partial charge on any atom is -0.492 e. The zero-order chi connectivity index (χ0) is 8.59. The molecular weight excluding hydrogens is 148 g/mol. The SMILES string of the molecule is COC(=O)c1c(O)n(C)n1C. The lowest BCUT2D eigenvalue weighted by Crippen LogP contribution is -2.25. The maximum atomic E-state index is 10.9. The van der Waals surface area contributed by atoms with E-state index in [1.807, 2.05) is 0 Å². The Hall–Kier alpha value is -1.39. The van der Waals surface area contributed by atoms with Crippen LogP contribution in [-0.2, 0) is 18.8 Å². The van der Waals surface area contributed by atoms with E-state index in [0.29, 0.717) is 0 Å². The highest BCUT2D eigenvalue weighted by atomic mass is 16.5. The van der Waals surface area contributed by atoms with E-state index in [1.165, 1.54) is 16.5 Å². The Labute approximate surface area is 63.8 Å². The number of rotatable bonds is 1. The second kappa shape index (κ2) is 2.34. The summed E-state index contributed by atoms with van der Waals surface area (Å²) in [5, 5.41) is 9.11. The molecule has 62 valence electrons. The molecule has 0 bridgehead atoms. The van der Waals surface area contributed by atoms with Crippen LogP contribution in [-0.4, -0.2) is 27.5 Å². The molecule has 1 aromatic rings. The Morgan fingerprint density at radius 3 is 2.36 bits per heavy atom. The lowest BCUT2D eigenvalue weighted by molar-refractivity contribution is 0.0564. The van der Waals surface area contributed by atoms with Crippen molar-refractivity contribution in [3.8, 4) is 5.88 Å². The van der Waals surface area contributed by atoms with Crippen LogP contribution >= 0.6 is 0 Å². The molecule has 1 aromatic heterocycles. The number of ether oxygens (including phenoxy) is 1. The van der Waals surface area contributed by atoms with Crippen LogP contribution in [0.5, 0.6) is 5.88 Å². The van der Waals surface area contributed by atoms with Crippen LogP contribution in [0, 0.1) is 0 Å². The number of esters is 1. The first-order chi connectivity index (χ1) is 5.09. The molecule has 0 aromatic carbocycles. The number of nitrogens with zero attached hydrogens (tertiary/aromatic N) is 2. The van der Waals surface area contributed by atoms with Gasteiger partial charge in [0, 0.05) is 14.1 Å². The van der Waals surface area contributed by atoms with Crippen LogP contribution in [0.3, 0.4) is 0 Å². The maximum Gasteiger partial charge on any atom is 0.361 e. The first kappa shape index (κ1) is 7.71. The summed E-state index contributed by atoms with van der Waals surface area (Å²) in [4.78, 5) is 10.9. The van der Waals surface area contributed by atoms with Crippen molar-refractivity contribution in [3.63, 3.8) is 0 Å². The average Bonchev–Trinajstić information content (AvgIpc) is 2.04. The van der Waals surface area contributed by atoms with Gasteiger partial charge in [-0.2, -0.15) is 0 Å². The number of methoxy groups -OCH3 is 1. The summed E-state index contributed by atoms with van der Waals surface area (Å²) in [7, 11) is 4.57. The summed E-state index contributed by atoms with van der Waals surface area (Å²) in [6.45, 7) is 0. The molecular formula is C6H10N2O3. The quantitative estimate of drug-likeness (QED) is 0.578. The molecule has 1 N–H and O–H groups in total. The summed E-state index contributed by atoms with van der Waals surface area (Å²) >= 11 is 0. The fraction of sp³-hybridized carbons (Fsp3) is 0.500. The highest BCUT2D eigenvalue weighted by Gasteiger charge is 2.22. The third-order valence-electron chi connectivity index (χ3n) is 1.67. The van der Waals surface area contributed by atoms with E-state index < -0.39 is 5.97 Å². The predicted octanol–water partition coefficient (Wildman–Crippen LogP) is -0.144. The number of hydrogen-bond acceptors (Lipinski definition) is 3. The van der Waals surface area contributed by atoms with E-state index in [-0.39, 0.29) is 11.6 Å². The summed E-state index contributed by atoms with van der Waals surface area (Å²) in [6, 6.07) is 0. The molecule has 0 aliphatic rings. The van der Waals surface area contributed by atoms with E-state index in [0.717, 1.165) is 0 Å². The summed E-state index contributed by atoms with van der Waals surface area (Å²) in [6.07, 6.45) is 0. The van der Waals surface area contributed by atoms with Crippen LogP contribution in [0.25, 0.3) is 0 Å². The lowest BCUT2D eigenvalue weighted by atomic mass is 10.4. The van der Waals surface area contributed by atoms with Gasteiger partial charge >= 0.3 is 5.97 Å². The standard InChI is InChI=1S/C6H10N2O3/c1-7-4(6(10)11-3)5(9)8(7)2/h9H,1-3H3. The fourth-order valence-corrected chi connectivity index (χ4v) is 0.865. The van der Waals surface area contributed by atoms with Gasteiger partial charge in [0.25, 0.3) is 0 Å². The lowest BCUT2D eigenvalue weighted by Gasteiger charge is -2.20. The fourth-order valence-electron chi connectivity index (χ4n) is 0.865. The van der Waals surface area contributed by atoms with E-state index in [2.05, 4.69) is 4.74 Å². The second-order valence-electron chi connectivity index (χ2n) is 2.21. The normalized spacial score (nSPS) is 10.1. The number of hydrogen-bond donors (Lipinski definition) is 1. The molecule has 0 saturated carbocycles. The van der Waals surface area contributed by atoms with Gasteiger partial charge in [0.2, 0.25) is 11.6 Å². The molecule has 5 heteroatoms. The second-order valence-corrected chi connectivity index (χ2v) is 2.21. The third kappa shape index (κ3) is 0.886. The summed E-state index contributed by atoms with van der Waals surface area (Å²) in [5.74, 6) is -0.581. The van der Waals surface area contributed by atoms with Crippen molar-refractivity contribution in [2.45, 2.75) is 0 Å². The van der Waals surface area contributed by atoms with Crippen molar-refractivity contribution >= 4 is 5.97 Å². The van der Waals surface area contributed by atoms with Gasteiger partial charge in [0.1, 0.15) is 0 Å². The Morgan fingerprint density at radius 1 is 1.45 bits per heavy atom. The van der Waals surface area contributed by atoms with Crippen LogP contribution in [0.2, 0.25) is 0 Å². The van der Waals surface area contributed by atoms with Crippen LogP contribution in [0.4, 0.5) is 0 Å². The molecule has 1 rings (SSSR count). The zero-order valence-electron chi connectivity index (χ0n) is 6.66. The van der Waals surface area contributed by atoms with Crippen LogP contribution in [0.15, 0.2) is 0 Å². The van der Waals surface area contributed by atoms with Crippen molar-refractivity contribution < 1.29 is 14.6 Å². The summed E-state index contributed by atoms with van der Waals surface area (Å²) in [5.41, 5.74) is 0.190. The van der Waals surface area contributed by atoms with Gasteiger partial charge in [0.05, 0.1) is 7.11 Å². The molecule has 0 saturated heterocycles. The highest BCUT2D eigenvalue weighted by molar-refractivity contribution is 5.90. The van der Waals surface area contributed by atoms with Gasteiger partial charge in [-0.15, -0.1) is 0 Å². The molecule has 0 aliphatic heterocycles. The van der Waals surface area contributed by atoms with E-state index in [1.54, 1.807) is 14.1 Å². The molecule has 11 heavy (non-hydrogen) atoms. The molecule has 1 heterocycles. The Balaban J connectivity index is 2.99. The summed E-state index contributed by atoms with van der Waals surface area (Å²) < 4.78 is 7.36. The predicted molar refractivity (Wildman–Crippen MR) is 37.4 cm³/mol. The minimum atomic E-state index is -0.525. The van der Waals surface area contributed by atoms with Crippen molar-refractivity contribution in [1.82, 2.24) is 9.36 Å². The van der Waals surface area contributed by atoms with Crippen molar-refractivity contribution in [2.24, 2.45) is 14.1 Å². The monoisotopic (exact) mass is 158 g/mol. The Morgan fingerprint density at radius 2 is 2.00 bits per heavy atom. The molecule has 0 atom stereocenters. The van der Waals surface area contributed by atoms with E-state index in [4.69, 9.17) is 5.11 Å². The average molecular weight is 158 g/mol. The van der Waals surface area contributed by atoms with Crippen molar-refractivity contribution in [1.29, 1.82) is 0 Å². The smallest absolute Gasteiger partial charge is 0.361 e. The molecule has 5 nitrogen and oxygen atoms in total. The first-order valence-electron chi connectivity index (χ1n) is 3.08.